The number of carbonyl (C=O) groups is 2. The van der Waals surface area contributed by atoms with Gasteiger partial charge in [-0.15, -0.1) is 11.3 Å². The summed E-state index contributed by atoms with van der Waals surface area (Å²) in [5.41, 5.74) is 1.33. The minimum Gasteiger partial charge on any atom is -0.356 e. The molecule has 2 amide bonds. The molecule has 1 aromatic heterocycles. The number of rotatable bonds is 6. The van der Waals surface area contributed by atoms with Gasteiger partial charge in [0.25, 0.3) is 0 Å². The molecular formula is C19H17F2N3O2S. The van der Waals surface area contributed by atoms with Crippen LogP contribution in [0.4, 0.5) is 14.5 Å². The van der Waals surface area contributed by atoms with Crippen molar-refractivity contribution < 1.29 is 18.4 Å². The number of hydrogen-bond acceptors (Lipinski definition) is 4. The number of anilines is 1. The van der Waals surface area contributed by atoms with E-state index in [2.05, 4.69) is 15.6 Å². The molecule has 27 heavy (non-hydrogen) atoms. The van der Waals surface area contributed by atoms with E-state index in [-0.39, 0.29) is 24.1 Å². The molecule has 0 radical (unpaired) electrons. The van der Waals surface area contributed by atoms with E-state index in [1.807, 2.05) is 0 Å². The van der Waals surface area contributed by atoms with Gasteiger partial charge in [-0.2, -0.15) is 0 Å². The van der Waals surface area contributed by atoms with Gasteiger partial charge in [0.05, 0.1) is 10.2 Å². The first-order chi connectivity index (χ1) is 12.9. The molecule has 3 aromatic rings. The number of amides is 2. The second kappa shape index (κ2) is 8.22. The Balaban J connectivity index is 1.73. The Morgan fingerprint density at radius 3 is 2.70 bits per heavy atom. The summed E-state index contributed by atoms with van der Waals surface area (Å²) in [6, 6.07) is 8.48. The van der Waals surface area contributed by atoms with Crippen LogP contribution in [0, 0.1) is 11.6 Å². The Hall–Kier alpha value is -2.87. The van der Waals surface area contributed by atoms with Crippen LogP contribution in [-0.4, -0.2) is 23.3 Å². The van der Waals surface area contributed by atoms with Crippen molar-refractivity contribution in [1.29, 1.82) is 0 Å². The fourth-order valence-electron chi connectivity index (χ4n) is 2.55. The van der Waals surface area contributed by atoms with Gasteiger partial charge in [-0.1, -0.05) is 0 Å². The molecule has 0 fully saturated rings. The highest BCUT2D eigenvalue weighted by Gasteiger charge is 2.11. The van der Waals surface area contributed by atoms with Gasteiger partial charge in [-0.25, -0.2) is 13.8 Å². The lowest BCUT2D eigenvalue weighted by molar-refractivity contribution is -0.119. The summed E-state index contributed by atoms with van der Waals surface area (Å²) in [5, 5.41) is 5.80. The quantitative estimate of drug-likeness (QED) is 0.624. The minimum atomic E-state index is -0.508. The number of fused-ring (bicyclic) bond motifs is 1. The Bertz CT molecular complexity index is 1000. The van der Waals surface area contributed by atoms with Crippen molar-refractivity contribution in [3.8, 4) is 10.6 Å². The Kier molecular flexibility index (Phi) is 5.75. The van der Waals surface area contributed by atoms with E-state index < -0.39 is 5.82 Å². The lowest BCUT2D eigenvalue weighted by Crippen LogP contribution is -2.22. The zero-order valence-corrected chi connectivity index (χ0v) is 15.3. The van der Waals surface area contributed by atoms with Crippen molar-refractivity contribution in [1.82, 2.24) is 10.3 Å². The van der Waals surface area contributed by atoms with Gasteiger partial charge in [0.15, 0.2) is 0 Å². The van der Waals surface area contributed by atoms with Crippen LogP contribution in [0.2, 0.25) is 0 Å². The zero-order chi connectivity index (χ0) is 19.4. The molecule has 2 N–H and O–H groups in total. The molecule has 0 saturated carbocycles. The van der Waals surface area contributed by atoms with E-state index in [9.17, 15) is 18.4 Å². The molecule has 3 rings (SSSR count). The van der Waals surface area contributed by atoms with Crippen molar-refractivity contribution in [3.05, 3.63) is 48.0 Å². The molecular weight excluding hydrogens is 372 g/mol. The molecule has 8 heteroatoms. The predicted molar refractivity (Wildman–Crippen MR) is 102 cm³/mol. The summed E-state index contributed by atoms with van der Waals surface area (Å²) >= 11 is 1.32. The molecule has 0 aliphatic carbocycles. The highest BCUT2D eigenvalue weighted by atomic mass is 32.1. The summed E-state index contributed by atoms with van der Waals surface area (Å²) in [4.78, 5) is 27.1. The maximum Gasteiger partial charge on any atom is 0.224 e. The normalized spacial score (nSPS) is 10.8. The van der Waals surface area contributed by atoms with E-state index in [0.29, 0.717) is 34.7 Å². The van der Waals surface area contributed by atoms with E-state index in [4.69, 9.17) is 0 Å². The average Bonchev–Trinajstić information content (AvgIpc) is 3.01. The second-order valence-corrected chi connectivity index (χ2v) is 7.02. The number of nitrogens with one attached hydrogen (secondary N) is 2. The molecule has 0 aliphatic heterocycles. The van der Waals surface area contributed by atoms with Gasteiger partial charge in [-0.3, -0.25) is 9.59 Å². The first-order valence-electron chi connectivity index (χ1n) is 8.32. The van der Waals surface area contributed by atoms with Gasteiger partial charge in [-0.05, 0) is 36.8 Å². The van der Waals surface area contributed by atoms with Crippen LogP contribution in [-0.2, 0) is 9.59 Å². The molecule has 1 heterocycles. The summed E-state index contributed by atoms with van der Waals surface area (Å²) in [5.74, 6) is -1.32. The zero-order valence-electron chi connectivity index (χ0n) is 14.5. The first-order valence-corrected chi connectivity index (χ1v) is 9.14. The maximum atomic E-state index is 14.0. The van der Waals surface area contributed by atoms with E-state index in [1.165, 1.54) is 42.5 Å². The molecule has 0 spiro atoms. The highest BCUT2D eigenvalue weighted by Crippen LogP contribution is 2.32. The Labute approximate surface area is 158 Å². The largest absolute Gasteiger partial charge is 0.356 e. The second-order valence-electron chi connectivity index (χ2n) is 5.99. The third-order valence-electron chi connectivity index (χ3n) is 3.73. The first kappa shape index (κ1) is 18.9. The van der Waals surface area contributed by atoms with Gasteiger partial charge in [0.2, 0.25) is 11.8 Å². The number of halogens is 2. The van der Waals surface area contributed by atoms with Crippen LogP contribution in [0.3, 0.4) is 0 Å². The molecule has 2 aromatic carbocycles. The van der Waals surface area contributed by atoms with Crippen LogP contribution >= 0.6 is 11.3 Å². The van der Waals surface area contributed by atoms with Crippen molar-refractivity contribution in [2.24, 2.45) is 0 Å². The highest BCUT2D eigenvalue weighted by molar-refractivity contribution is 7.21. The fraction of sp³-hybridized carbons (Fsp3) is 0.211. The summed E-state index contributed by atoms with van der Waals surface area (Å²) < 4.78 is 28.1. The topological polar surface area (TPSA) is 71.1 Å². The van der Waals surface area contributed by atoms with E-state index in [1.54, 1.807) is 12.1 Å². The standard InChI is InChI=1S/C19H17F2N3O2S/c1-11(25)22-6-2-3-18(26)23-15-8-12(7-14(21)9-15)19-24-16-10-13(20)4-5-17(16)27-19/h4-5,7-10H,2-3,6H2,1H3,(H,22,25)(H,23,26). The third-order valence-corrected chi connectivity index (χ3v) is 4.82. The Morgan fingerprint density at radius 2 is 1.93 bits per heavy atom. The van der Waals surface area contributed by atoms with Gasteiger partial charge in [0, 0.05) is 37.2 Å². The fourth-order valence-corrected chi connectivity index (χ4v) is 3.48. The monoisotopic (exact) mass is 389 g/mol. The average molecular weight is 389 g/mol. The van der Waals surface area contributed by atoms with Crippen LogP contribution in [0.25, 0.3) is 20.8 Å². The van der Waals surface area contributed by atoms with Crippen LogP contribution in [0.5, 0.6) is 0 Å². The van der Waals surface area contributed by atoms with Crippen molar-refractivity contribution in [3.63, 3.8) is 0 Å². The molecule has 140 valence electrons. The van der Waals surface area contributed by atoms with E-state index >= 15 is 0 Å². The SMILES string of the molecule is CC(=O)NCCCC(=O)Nc1cc(F)cc(-c2nc3cc(F)ccc3s2)c1. The van der Waals surface area contributed by atoms with Crippen molar-refractivity contribution in [2.75, 3.05) is 11.9 Å². The molecule has 0 aliphatic rings. The maximum absolute atomic E-state index is 14.0. The van der Waals surface area contributed by atoms with E-state index in [0.717, 1.165) is 4.70 Å². The number of nitrogens with zero attached hydrogens (tertiary/aromatic N) is 1. The minimum absolute atomic E-state index is 0.152. The Morgan fingerprint density at radius 1 is 1.11 bits per heavy atom. The van der Waals surface area contributed by atoms with Crippen LogP contribution in [0.15, 0.2) is 36.4 Å². The third kappa shape index (κ3) is 5.07. The summed E-state index contributed by atoms with van der Waals surface area (Å²) in [7, 11) is 0. The van der Waals surface area contributed by atoms with Gasteiger partial charge >= 0.3 is 0 Å². The number of hydrogen-bond donors (Lipinski definition) is 2. The molecule has 0 saturated heterocycles. The number of carbonyl (C=O) groups excluding carboxylic acids is 2. The van der Waals surface area contributed by atoms with Crippen LogP contribution in [0.1, 0.15) is 19.8 Å². The lowest BCUT2D eigenvalue weighted by Gasteiger charge is -2.07. The summed E-state index contributed by atoms with van der Waals surface area (Å²) in [6.07, 6.45) is 0.684. The van der Waals surface area contributed by atoms with Crippen molar-refractivity contribution in [2.45, 2.75) is 19.8 Å². The van der Waals surface area contributed by atoms with Gasteiger partial charge < -0.3 is 10.6 Å². The van der Waals surface area contributed by atoms with Crippen molar-refractivity contribution >= 4 is 39.1 Å². The summed E-state index contributed by atoms with van der Waals surface area (Å²) in [6.45, 7) is 1.81. The number of thiazole rings is 1. The smallest absolute Gasteiger partial charge is 0.224 e. The van der Waals surface area contributed by atoms with Gasteiger partial charge in [0.1, 0.15) is 16.6 Å². The molecule has 0 bridgehead atoms. The number of benzene rings is 2. The molecule has 0 atom stereocenters. The number of aromatic nitrogens is 1. The van der Waals surface area contributed by atoms with Crippen LogP contribution < -0.4 is 10.6 Å². The molecule has 0 unspecified atom stereocenters. The molecule has 5 nitrogen and oxygen atoms in total. The predicted octanol–water partition coefficient (Wildman–Crippen LogP) is 4.10. The lowest BCUT2D eigenvalue weighted by atomic mass is 10.2.